The number of aromatic nitrogens is 2. The van der Waals surface area contributed by atoms with Crippen LogP contribution in [0, 0.1) is 6.92 Å². The summed E-state index contributed by atoms with van der Waals surface area (Å²) in [6.45, 7) is 1.87. The van der Waals surface area contributed by atoms with Crippen molar-refractivity contribution in [2.45, 2.75) is 13.3 Å². The Morgan fingerprint density at radius 1 is 1.06 bits per heavy atom. The van der Waals surface area contributed by atoms with Crippen LogP contribution in [0.15, 0.2) is 24.3 Å². The number of nitrogens with zero attached hydrogens (tertiary/aromatic N) is 2. The van der Waals surface area contributed by atoms with E-state index in [4.69, 9.17) is 34.8 Å². The number of benzene rings is 1. The van der Waals surface area contributed by atoms with E-state index in [1.807, 2.05) is 6.92 Å². The third-order valence-corrected chi connectivity index (χ3v) is 3.17. The first kappa shape index (κ1) is 12.6. The Morgan fingerprint density at radius 2 is 1.71 bits per heavy atom. The maximum Gasteiger partial charge on any atom is 0.134 e. The smallest absolute Gasteiger partial charge is 0.134 e. The third kappa shape index (κ3) is 3.09. The summed E-state index contributed by atoms with van der Waals surface area (Å²) < 4.78 is 0. The lowest BCUT2D eigenvalue weighted by Crippen LogP contribution is -1.99. The van der Waals surface area contributed by atoms with Crippen LogP contribution in [0.25, 0.3) is 0 Å². The summed E-state index contributed by atoms with van der Waals surface area (Å²) in [6.07, 6.45) is 0.472. The predicted molar refractivity (Wildman–Crippen MR) is 71.0 cm³/mol. The molecule has 0 spiro atoms. The second kappa shape index (κ2) is 5.21. The highest BCUT2D eigenvalue weighted by Gasteiger charge is 2.09. The van der Waals surface area contributed by atoms with E-state index in [0.29, 0.717) is 27.4 Å². The van der Waals surface area contributed by atoms with Crippen LogP contribution in [-0.4, -0.2) is 9.97 Å². The summed E-state index contributed by atoms with van der Waals surface area (Å²) in [5.74, 6) is 0.616. The maximum absolute atomic E-state index is 6.09. The molecule has 0 fully saturated rings. The summed E-state index contributed by atoms with van der Waals surface area (Å²) in [6, 6.07) is 7.10. The van der Waals surface area contributed by atoms with Crippen molar-refractivity contribution in [2.75, 3.05) is 0 Å². The van der Waals surface area contributed by atoms with Gasteiger partial charge in [0.05, 0.1) is 0 Å². The predicted octanol–water partition coefficient (Wildman–Crippen LogP) is 4.34. The van der Waals surface area contributed by atoms with Gasteiger partial charge in [-0.25, -0.2) is 9.97 Å². The summed E-state index contributed by atoms with van der Waals surface area (Å²) >= 11 is 18.1. The highest BCUT2D eigenvalue weighted by Crippen LogP contribution is 2.26. The first-order valence-corrected chi connectivity index (χ1v) is 6.12. The summed E-state index contributed by atoms with van der Waals surface area (Å²) in [4.78, 5) is 8.45. The maximum atomic E-state index is 6.09. The molecule has 0 atom stereocenters. The number of hydrogen-bond donors (Lipinski definition) is 0. The van der Waals surface area contributed by atoms with Gasteiger partial charge < -0.3 is 0 Å². The van der Waals surface area contributed by atoms with E-state index in [1.165, 1.54) is 0 Å². The van der Waals surface area contributed by atoms with E-state index in [1.54, 1.807) is 24.3 Å². The van der Waals surface area contributed by atoms with Gasteiger partial charge in [-0.3, -0.25) is 0 Å². The van der Waals surface area contributed by atoms with Crippen molar-refractivity contribution in [1.82, 2.24) is 9.97 Å². The number of halogens is 3. The monoisotopic (exact) mass is 286 g/mol. The van der Waals surface area contributed by atoms with Crippen LogP contribution in [0.1, 0.15) is 17.1 Å². The van der Waals surface area contributed by atoms with Crippen LogP contribution >= 0.6 is 34.8 Å². The van der Waals surface area contributed by atoms with E-state index in [-0.39, 0.29) is 0 Å². The van der Waals surface area contributed by atoms with Crippen LogP contribution in [0.4, 0.5) is 0 Å². The van der Waals surface area contributed by atoms with Crippen molar-refractivity contribution in [3.8, 4) is 0 Å². The Bertz CT molecular complexity index is 515. The molecule has 0 saturated heterocycles. The normalized spacial score (nSPS) is 10.6. The van der Waals surface area contributed by atoms with Crippen LogP contribution < -0.4 is 0 Å². The second-order valence-electron chi connectivity index (χ2n) is 3.63. The van der Waals surface area contributed by atoms with Crippen molar-refractivity contribution in [3.05, 3.63) is 56.5 Å². The lowest BCUT2D eigenvalue weighted by atomic mass is 10.1. The first-order valence-electron chi connectivity index (χ1n) is 4.99. The second-order valence-corrected chi connectivity index (χ2v) is 4.83. The minimum Gasteiger partial charge on any atom is -0.238 e. The number of aryl methyl sites for hydroxylation is 1. The number of hydrogen-bond acceptors (Lipinski definition) is 2. The summed E-state index contributed by atoms with van der Waals surface area (Å²) in [5.41, 5.74) is 1.64. The average Bonchev–Trinajstić information content (AvgIpc) is 2.22. The lowest BCUT2D eigenvalue weighted by Gasteiger charge is -2.06. The van der Waals surface area contributed by atoms with E-state index in [0.717, 1.165) is 11.3 Å². The summed E-state index contributed by atoms with van der Waals surface area (Å²) in [5, 5.41) is 1.65. The first-order chi connectivity index (χ1) is 8.06. The molecular formula is C12H9Cl3N2. The molecule has 0 aliphatic rings. The Morgan fingerprint density at radius 3 is 2.29 bits per heavy atom. The van der Waals surface area contributed by atoms with Crippen LogP contribution in [-0.2, 0) is 6.42 Å². The zero-order valence-electron chi connectivity index (χ0n) is 9.04. The van der Waals surface area contributed by atoms with E-state index in [2.05, 4.69) is 9.97 Å². The molecule has 5 heteroatoms. The Kier molecular flexibility index (Phi) is 3.87. The molecule has 17 heavy (non-hydrogen) atoms. The van der Waals surface area contributed by atoms with Gasteiger partial charge in [0.25, 0.3) is 0 Å². The summed E-state index contributed by atoms with van der Waals surface area (Å²) in [7, 11) is 0. The molecule has 0 N–H and O–H groups in total. The van der Waals surface area contributed by atoms with Crippen molar-refractivity contribution >= 4 is 34.8 Å². The zero-order valence-corrected chi connectivity index (χ0v) is 11.3. The van der Waals surface area contributed by atoms with E-state index >= 15 is 0 Å². The molecule has 2 nitrogen and oxygen atoms in total. The van der Waals surface area contributed by atoms with Gasteiger partial charge in [-0.1, -0.05) is 40.9 Å². The van der Waals surface area contributed by atoms with Gasteiger partial charge in [0.1, 0.15) is 11.0 Å². The molecule has 0 saturated carbocycles. The van der Waals surface area contributed by atoms with Crippen LogP contribution in [0.3, 0.4) is 0 Å². The standard InChI is InChI=1S/C12H9Cl3N2/c1-7-5-11(15)17-12(16-7)6-8-9(13)3-2-4-10(8)14/h2-5H,6H2,1H3. The molecule has 88 valence electrons. The SMILES string of the molecule is Cc1cc(Cl)nc(Cc2c(Cl)cccc2Cl)n1. The van der Waals surface area contributed by atoms with Crippen molar-refractivity contribution in [1.29, 1.82) is 0 Å². The molecule has 0 amide bonds. The molecule has 1 aromatic heterocycles. The van der Waals surface area contributed by atoms with Crippen LogP contribution in [0.2, 0.25) is 15.2 Å². The topological polar surface area (TPSA) is 25.8 Å². The van der Waals surface area contributed by atoms with Gasteiger partial charge in [-0.2, -0.15) is 0 Å². The molecular weight excluding hydrogens is 279 g/mol. The molecule has 0 aliphatic heterocycles. The lowest BCUT2D eigenvalue weighted by molar-refractivity contribution is 0.943. The van der Waals surface area contributed by atoms with Gasteiger partial charge in [0.15, 0.2) is 0 Å². The Balaban J connectivity index is 2.38. The fourth-order valence-electron chi connectivity index (χ4n) is 1.53. The van der Waals surface area contributed by atoms with Crippen LogP contribution in [0.5, 0.6) is 0 Å². The molecule has 0 bridgehead atoms. The molecule has 2 rings (SSSR count). The van der Waals surface area contributed by atoms with Crippen molar-refractivity contribution < 1.29 is 0 Å². The van der Waals surface area contributed by atoms with Gasteiger partial charge in [0.2, 0.25) is 0 Å². The third-order valence-electron chi connectivity index (χ3n) is 2.27. The fraction of sp³-hybridized carbons (Fsp3) is 0.167. The van der Waals surface area contributed by atoms with E-state index < -0.39 is 0 Å². The molecule has 1 aromatic carbocycles. The van der Waals surface area contributed by atoms with Gasteiger partial charge >= 0.3 is 0 Å². The quantitative estimate of drug-likeness (QED) is 0.768. The molecule has 2 aromatic rings. The molecule has 0 unspecified atom stereocenters. The molecule has 0 radical (unpaired) electrons. The van der Waals surface area contributed by atoms with Crippen molar-refractivity contribution in [2.24, 2.45) is 0 Å². The average molecular weight is 288 g/mol. The van der Waals surface area contributed by atoms with Gasteiger partial charge in [-0.05, 0) is 30.7 Å². The Labute approximate surface area is 115 Å². The fourth-order valence-corrected chi connectivity index (χ4v) is 2.31. The highest BCUT2D eigenvalue weighted by molar-refractivity contribution is 6.36. The molecule has 1 heterocycles. The number of rotatable bonds is 2. The minimum absolute atomic E-state index is 0.427. The van der Waals surface area contributed by atoms with Crippen molar-refractivity contribution in [3.63, 3.8) is 0 Å². The molecule has 0 aliphatic carbocycles. The minimum atomic E-state index is 0.427. The largest absolute Gasteiger partial charge is 0.238 e. The van der Waals surface area contributed by atoms with E-state index in [9.17, 15) is 0 Å². The zero-order chi connectivity index (χ0) is 12.4. The van der Waals surface area contributed by atoms with Gasteiger partial charge in [-0.15, -0.1) is 0 Å². The highest BCUT2D eigenvalue weighted by atomic mass is 35.5. The van der Waals surface area contributed by atoms with Gasteiger partial charge in [0, 0.05) is 22.2 Å². The Hall–Kier alpha value is -0.830.